The average Bonchev–Trinajstić information content (AvgIpc) is 3.14. The molecule has 166 valence electrons. The zero-order valence-corrected chi connectivity index (χ0v) is 16.5. The van der Waals surface area contributed by atoms with E-state index in [1.54, 1.807) is 0 Å². The molecule has 1 amide bonds. The molecule has 2 aliphatic heterocycles. The van der Waals surface area contributed by atoms with Crippen LogP contribution < -0.4 is 15.5 Å². The van der Waals surface area contributed by atoms with Crippen molar-refractivity contribution >= 4 is 17.7 Å². The molecule has 2 aromatic rings. The molecule has 4 heterocycles. The van der Waals surface area contributed by atoms with Crippen LogP contribution >= 0.6 is 0 Å². The van der Waals surface area contributed by atoms with Crippen molar-refractivity contribution in [2.75, 3.05) is 37.6 Å². The minimum Gasteiger partial charge on any atom is -0.475 e. The van der Waals surface area contributed by atoms with Crippen molar-refractivity contribution in [3.8, 4) is 11.3 Å². The number of carbonyl (C=O) groups excluding carboxylic acids is 1. The summed E-state index contributed by atoms with van der Waals surface area (Å²) in [6, 6.07) is 2.16. The maximum atomic E-state index is 12.2. The van der Waals surface area contributed by atoms with E-state index in [0.717, 1.165) is 73.9 Å². The van der Waals surface area contributed by atoms with E-state index in [1.807, 2.05) is 10.9 Å². The van der Waals surface area contributed by atoms with Gasteiger partial charge in [-0.15, -0.1) is 0 Å². The number of fused-ring (bicyclic) bond motifs is 5. The Kier molecular flexibility index (Phi) is 5.56. The van der Waals surface area contributed by atoms with Crippen LogP contribution in [-0.4, -0.2) is 70.6 Å². The van der Waals surface area contributed by atoms with Crippen molar-refractivity contribution in [1.29, 1.82) is 0 Å². The van der Waals surface area contributed by atoms with Crippen molar-refractivity contribution in [3.63, 3.8) is 0 Å². The number of aliphatic carboxylic acids is 1. The predicted molar refractivity (Wildman–Crippen MR) is 104 cm³/mol. The molecule has 0 unspecified atom stereocenters. The summed E-state index contributed by atoms with van der Waals surface area (Å²) in [6.07, 6.45) is -1.31. The Balaban J connectivity index is 0.000000289. The van der Waals surface area contributed by atoms with Crippen LogP contribution in [0.25, 0.3) is 11.3 Å². The van der Waals surface area contributed by atoms with Gasteiger partial charge in [0.25, 0.3) is 5.91 Å². The van der Waals surface area contributed by atoms with Gasteiger partial charge in [0.05, 0.1) is 12.2 Å². The molecule has 0 spiro atoms. The highest BCUT2D eigenvalue weighted by molar-refractivity contribution is 5.97. The van der Waals surface area contributed by atoms with Crippen LogP contribution in [0.1, 0.15) is 21.6 Å². The quantitative estimate of drug-likeness (QED) is 0.605. The SMILES string of the molecule is O=C(O)C(F)(F)F.O=C1NCCn2nc3c(c21)CCc1cnc(N2CCNCC2)cc1-3. The minimum absolute atomic E-state index is 0.00911. The van der Waals surface area contributed by atoms with Gasteiger partial charge in [-0.25, -0.2) is 9.78 Å². The highest BCUT2D eigenvalue weighted by Crippen LogP contribution is 2.36. The number of nitrogens with one attached hydrogen (secondary N) is 2. The lowest BCUT2D eigenvalue weighted by Crippen LogP contribution is -2.43. The van der Waals surface area contributed by atoms with E-state index >= 15 is 0 Å². The molecule has 12 heteroatoms. The summed E-state index contributed by atoms with van der Waals surface area (Å²) in [4.78, 5) is 28.1. The average molecular weight is 438 g/mol. The summed E-state index contributed by atoms with van der Waals surface area (Å²) in [6.45, 7) is 5.33. The number of hydrogen-bond donors (Lipinski definition) is 3. The summed E-state index contributed by atoms with van der Waals surface area (Å²) in [5.74, 6) is -1.74. The molecule has 2 aromatic heterocycles. The smallest absolute Gasteiger partial charge is 0.475 e. The van der Waals surface area contributed by atoms with Gasteiger partial charge in [-0.3, -0.25) is 9.48 Å². The first-order valence-electron chi connectivity index (χ1n) is 9.88. The number of aryl methyl sites for hydroxylation is 1. The molecule has 0 atom stereocenters. The number of carbonyl (C=O) groups is 2. The van der Waals surface area contributed by atoms with Gasteiger partial charge in [-0.2, -0.15) is 18.3 Å². The van der Waals surface area contributed by atoms with Crippen LogP contribution in [0.4, 0.5) is 19.0 Å². The Bertz CT molecular complexity index is 1010. The number of alkyl halides is 3. The number of carboxylic acids is 1. The molecule has 0 saturated carbocycles. The van der Waals surface area contributed by atoms with Gasteiger partial charge in [0.2, 0.25) is 0 Å². The van der Waals surface area contributed by atoms with Crippen LogP contribution in [0.5, 0.6) is 0 Å². The fraction of sp³-hybridized carbons (Fsp3) is 0.474. The second-order valence-corrected chi connectivity index (χ2v) is 7.39. The summed E-state index contributed by atoms with van der Waals surface area (Å²) in [5.41, 5.74) is 5.20. The second-order valence-electron chi connectivity index (χ2n) is 7.39. The maximum absolute atomic E-state index is 12.2. The van der Waals surface area contributed by atoms with Crippen LogP contribution in [0.2, 0.25) is 0 Å². The number of piperazine rings is 1. The van der Waals surface area contributed by atoms with E-state index in [-0.39, 0.29) is 5.91 Å². The lowest BCUT2D eigenvalue weighted by atomic mass is 9.90. The molecule has 9 nitrogen and oxygen atoms in total. The molecule has 31 heavy (non-hydrogen) atoms. The van der Waals surface area contributed by atoms with E-state index in [1.165, 1.54) is 5.56 Å². The van der Waals surface area contributed by atoms with Gasteiger partial charge in [0.1, 0.15) is 11.5 Å². The standard InChI is InChI=1S/C17H20N6O.C2HF3O2/c24-17-16-12-2-1-11-10-20-14(22-6-3-18-4-7-22)9-13(11)15(12)21-23(16)8-5-19-17;3-2(4,5)1(6)7/h9-10,18H,1-8H2,(H,19,24);(H,6,7). The van der Waals surface area contributed by atoms with Crippen molar-refractivity contribution < 1.29 is 27.9 Å². The lowest BCUT2D eigenvalue weighted by Gasteiger charge is -2.29. The first-order valence-corrected chi connectivity index (χ1v) is 9.88. The molecule has 1 aliphatic carbocycles. The molecule has 3 aliphatic rings. The zero-order valence-electron chi connectivity index (χ0n) is 16.5. The van der Waals surface area contributed by atoms with Gasteiger partial charge in [-0.05, 0) is 24.5 Å². The zero-order chi connectivity index (χ0) is 22.2. The molecular formula is C19H21F3N6O3. The molecule has 0 radical (unpaired) electrons. The Hall–Kier alpha value is -3.15. The van der Waals surface area contributed by atoms with Gasteiger partial charge in [-0.1, -0.05) is 0 Å². The molecule has 5 rings (SSSR count). The Morgan fingerprint density at radius 1 is 1.13 bits per heavy atom. The molecule has 1 saturated heterocycles. The normalized spacial score (nSPS) is 17.5. The number of amides is 1. The number of hydrogen-bond acceptors (Lipinski definition) is 6. The number of nitrogens with zero attached hydrogens (tertiary/aromatic N) is 4. The van der Waals surface area contributed by atoms with E-state index in [4.69, 9.17) is 15.0 Å². The van der Waals surface area contributed by atoms with Crippen molar-refractivity contribution in [3.05, 3.63) is 29.1 Å². The van der Waals surface area contributed by atoms with Crippen LogP contribution in [0.15, 0.2) is 12.3 Å². The number of aromatic nitrogens is 3. The number of pyridine rings is 1. The third-order valence-electron chi connectivity index (χ3n) is 5.43. The molecular weight excluding hydrogens is 417 g/mol. The Morgan fingerprint density at radius 3 is 2.52 bits per heavy atom. The largest absolute Gasteiger partial charge is 0.490 e. The van der Waals surface area contributed by atoms with Crippen molar-refractivity contribution in [2.24, 2.45) is 0 Å². The van der Waals surface area contributed by atoms with E-state index in [2.05, 4.69) is 26.6 Å². The second kappa shape index (κ2) is 8.17. The first kappa shape index (κ1) is 21.1. The van der Waals surface area contributed by atoms with Crippen LogP contribution in [0.3, 0.4) is 0 Å². The fourth-order valence-electron chi connectivity index (χ4n) is 3.95. The number of halogens is 3. The highest BCUT2D eigenvalue weighted by atomic mass is 19.4. The number of anilines is 1. The van der Waals surface area contributed by atoms with Gasteiger partial charge >= 0.3 is 12.1 Å². The van der Waals surface area contributed by atoms with Crippen molar-refractivity contribution in [1.82, 2.24) is 25.4 Å². The first-order chi connectivity index (χ1) is 14.8. The van der Waals surface area contributed by atoms with Gasteiger partial charge in [0, 0.05) is 50.0 Å². The van der Waals surface area contributed by atoms with E-state index in [9.17, 15) is 18.0 Å². The topological polar surface area (TPSA) is 112 Å². The third kappa shape index (κ3) is 4.20. The summed E-state index contributed by atoms with van der Waals surface area (Å²) in [7, 11) is 0. The number of rotatable bonds is 1. The molecule has 1 fully saturated rings. The fourth-order valence-corrected chi connectivity index (χ4v) is 3.95. The predicted octanol–water partition coefficient (Wildman–Crippen LogP) is 0.830. The maximum Gasteiger partial charge on any atom is 0.490 e. The lowest BCUT2D eigenvalue weighted by molar-refractivity contribution is -0.192. The van der Waals surface area contributed by atoms with Gasteiger partial charge in [0.15, 0.2) is 0 Å². The summed E-state index contributed by atoms with van der Waals surface area (Å²) < 4.78 is 33.6. The van der Waals surface area contributed by atoms with Gasteiger partial charge < -0.3 is 20.6 Å². The van der Waals surface area contributed by atoms with E-state index in [0.29, 0.717) is 6.54 Å². The number of carboxylic acid groups (broad SMARTS) is 1. The highest BCUT2D eigenvalue weighted by Gasteiger charge is 2.38. The van der Waals surface area contributed by atoms with Crippen molar-refractivity contribution in [2.45, 2.75) is 25.6 Å². The molecule has 3 N–H and O–H groups in total. The Labute approximate surface area is 175 Å². The summed E-state index contributed by atoms with van der Waals surface area (Å²) in [5, 5.41) is 18.2. The monoisotopic (exact) mass is 438 g/mol. The summed E-state index contributed by atoms with van der Waals surface area (Å²) >= 11 is 0. The Morgan fingerprint density at radius 2 is 1.84 bits per heavy atom. The van der Waals surface area contributed by atoms with Crippen LogP contribution in [0, 0.1) is 0 Å². The third-order valence-corrected chi connectivity index (χ3v) is 5.43. The van der Waals surface area contributed by atoms with E-state index < -0.39 is 12.1 Å². The van der Waals surface area contributed by atoms with Crippen LogP contribution in [-0.2, 0) is 24.2 Å². The minimum atomic E-state index is -5.08. The molecule has 0 bridgehead atoms. The molecule has 0 aromatic carbocycles.